The summed E-state index contributed by atoms with van der Waals surface area (Å²) in [5.41, 5.74) is 3.97. The van der Waals surface area contributed by atoms with Gasteiger partial charge in [0, 0.05) is 17.2 Å². The van der Waals surface area contributed by atoms with Crippen LogP contribution in [0.25, 0.3) is 11.3 Å². The minimum absolute atomic E-state index is 0.0142. The number of aromatic hydroxyl groups is 1. The van der Waals surface area contributed by atoms with Gasteiger partial charge in [-0.05, 0) is 55.2 Å². The summed E-state index contributed by atoms with van der Waals surface area (Å²) in [5, 5.41) is 18.3. The summed E-state index contributed by atoms with van der Waals surface area (Å²) in [7, 11) is 1.23. The monoisotopic (exact) mass is 527 g/mol. The van der Waals surface area contributed by atoms with E-state index in [1.807, 2.05) is 19.1 Å². The first kappa shape index (κ1) is 24.9. The fraction of sp³-hybridized carbons (Fsp3) is 0.385. The van der Waals surface area contributed by atoms with Crippen LogP contribution in [0.4, 0.5) is 0 Å². The summed E-state index contributed by atoms with van der Waals surface area (Å²) in [6.07, 6.45) is 0.330. The highest BCUT2D eigenvalue weighted by Gasteiger charge is 2.48. The molecule has 10 nitrogen and oxygen atoms in total. The molecule has 1 saturated heterocycles. The molecule has 0 bridgehead atoms. The number of aryl methyl sites for hydroxylation is 2. The topological polar surface area (TPSA) is 131 Å². The quantitative estimate of drug-likeness (QED) is 0.500. The molecular weight excluding hydrogens is 498 g/mol. The average molecular weight is 528 g/mol. The van der Waals surface area contributed by atoms with Crippen molar-refractivity contribution in [1.29, 1.82) is 0 Å². The van der Waals surface area contributed by atoms with E-state index >= 15 is 0 Å². The van der Waals surface area contributed by atoms with E-state index in [1.165, 1.54) is 21.3 Å². The largest absolute Gasteiger partial charge is 0.507 e. The van der Waals surface area contributed by atoms with Gasteiger partial charge in [0.15, 0.2) is 21.3 Å². The lowest BCUT2D eigenvalue weighted by Crippen LogP contribution is -2.40. The third-order valence-electron chi connectivity index (χ3n) is 7.11. The van der Waals surface area contributed by atoms with E-state index in [4.69, 9.17) is 14.2 Å². The van der Waals surface area contributed by atoms with Gasteiger partial charge in [-0.3, -0.25) is 9.89 Å². The molecule has 2 aliphatic rings. The minimum Gasteiger partial charge on any atom is -0.507 e. The van der Waals surface area contributed by atoms with Gasteiger partial charge >= 0.3 is 0 Å². The Morgan fingerprint density at radius 1 is 1.05 bits per heavy atom. The molecule has 0 radical (unpaired) electrons. The molecule has 3 aromatic rings. The van der Waals surface area contributed by atoms with Crippen molar-refractivity contribution in [2.24, 2.45) is 0 Å². The highest BCUT2D eigenvalue weighted by atomic mass is 32.2. The SMILES string of the molecule is COc1cc(C2c3c(-c4cc(C)cc(C)c4O)n[nH]c3C(=O)N2C2CCS(=O)(=O)C2)cc(OC)c1OC. The molecule has 2 atom stereocenters. The number of rotatable bonds is 6. The first-order chi connectivity index (χ1) is 17.6. The predicted molar refractivity (Wildman–Crippen MR) is 136 cm³/mol. The van der Waals surface area contributed by atoms with Crippen molar-refractivity contribution in [3.05, 3.63) is 52.2 Å². The summed E-state index contributed by atoms with van der Waals surface area (Å²) in [6.45, 7) is 3.72. The lowest BCUT2D eigenvalue weighted by atomic mass is 9.93. The fourth-order valence-corrected chi connectivity index (χ4v) is 7.18. The second kappa shape index (κ2) is 8.98. The number of methoxy groups -OCH3 is 3. The van der Waals surface area contributed by atoms with Crippen LogP contribution >= 0.6 is 0 Å². The van der Waals surface area contributed by atoms with Crippen LogP contribution in [0.1, 0.15) is 45.2 Å². The van der Waals surface area contributed by atoms with Crippen LogP contribution in [-0.4, -0.2) is 73.4 Å². The van der Waals surface area contributed by atoms with E-state index in [1.54, 1.807) is 24.0 Å². The van der Waals surface area contributed by atoms with Crippen LogP contribution in [0.5, 0.6) is 23.0 Å². The Bertz CT molecular complexity index is 1490. The molecule has 2 N–H and O–H groups in total. The highest BCUT2D eigenvalue weighted by molar-refractivity contribution is 7.91. The van der Waals surface area contributed by atoms with Crippen LogP contribution in [0, 0.1) is 13.8 Å². The van der Waals surface area contributed by atoms with Crippen molar-refractivity contribution in [3.63, 3.8) is 0 Å². The number of fused-ring (bicyclic) bond motifs is 1. The standard InChI is InChI=1S/C26H29N3O7S/c1-13-8-14(2)24(30)17(9-13)21-20-22(28-27-21)26(31)29(16-6-7-37(32,33)12-16)23(20)15-10-18(34-3)25(36-5)19(11-15)35-4/h8-11,16,23,30H,6-7,12H2,1-5H3,(H,27,28). The molecule has 3 heterocycles. The summed E-state index contributed by atoms with van der Waals surface area (Å²) >= 11 is 0. The van der Waals surface area contributed by atoms with Gasteiger partial charge in [-0.2, -0.15) is 5.10 Å². The molecule has 2 aliphatic heterocycles. The third-order valence-corrected chi connectivity index (χ3v) is 8.86. The van der Waals surface area contributed by atoms with E-state index in [0.717, 1.165) is 5.56 Å². The fourth-order valence-electron chi connectivity index (χ4n) is 5.47. The molecule has 0 saturated carbocycles. The van der Waals surface area contributed by atoms with E-state index in [2.05, 4.69) is 10.2 Å². The highest BCUT2D eigenvalue weighted by Crippen LogP contribution is 2.50. The Kier molecular flexibility index (Phi) is 6.06. The van der Waals surface area contributed by atoms with Crippen LogP contribution < -0.4 is 14.2 Å². The number of nitrogens with zero attached hydrogens (tertiary/aromatic N) is 2. The number of phenols is 1. The molecule has 2 aromatic carbocycles. The van der Waals surface area contributed by atoms with Gasteiger partial charge in [-0.15, -0.1) is 0 Å². The lowest BCUT2D eigenvalue weighted by molar-refractivity contribution is 0.0677. The van der Waals surface area contributed by atoms with Gasteiger partial charge in [0.2, 0.25) is 5.75 Å². The summed E-state index contributed by atoms with van der Waals surface area (Å²) in [4.78, 5) is 15.4. The van der Waals surface area contributed by atoms with Crippen LogP contribution in [0.2, 0.25) is 0 Å². The maximum Gasteiger partial charge on any atom is 0.273 e. The number of aromatic amines is 1. The van der Waals surface area contributed by atoms with E-state index in [0.29, 0.717) is 51.6 Å². The zero-order chi connectivity index (χ0) is 26.6. The van der Waals surface area contributed by atoms with E-state index < -0.39 is 21.9 Å². The van der Waals surface area contributed by atoms with Crippen LogP contribution in [0.3, 0.4) is 0 Å². The number of sulfone groups is 1. The first-order valence-electron chi connectivity index (χ1n) is 11.8. The van der Waals surface area contributed by atoms with E-state index in [-0.39, 0.29) is 28.9 Å². The Morgan fingerprint density at radius 3 is 2.30 bits per heavy atom. The Labute approximate surface area is 215 Å². The molecular formula is C26H29N3O7S. The zero-order valence-electron chi connectivity index (χ0n) is 21.3. The van der Waals surface area contributed by atoms with Crippen LogP contribution in [-0.2, 0) is 9.84 Å². The summed E-state index contributed by atoms with van der Waals surface area (Å²) < 4.78 is 41.4. The number of carbonyl (C=O) groups excluding carboxylic acids is 1. The van der Waals surface area contributed by atoms with Gasteiger partial charge in [-0.1, -0.05) is 6.07 Å². The Balaban J connectivity index is 1.77. The number of hydrogen-bond donors (Lipinski definition) is 2. The van der Waals surface area contributed by atoms with Gasteiger partial charge in [0.05, 0.1) is 38.9 Å². The van der Waals surface area contributed by atoms with Crippen molar-refractivity contribution >= 4 is 15.7 Å². The normalized spacial score (nSPS) is 20.2. The number of H-pyrrole nitrogens is 1. The smallest absolute Gasteiger partial charge is 0.273 e. The molecule has 1 fully saturated rings. The molecule has 11 heteroatoms. The molecule has 196 valence electrons. The van der Waals surface area contributed by atoms with Gasteiger partial charge in [0.1, 0.15) is 17.1 Å². The van der Waals surface area contributed by atoms with E-state index in [9.17, 15) is 18.3 Å². The summed E-state index contributed by atoms with van der Waals surface area (Å²) in [5.74, 6) is 0.804. The van der Waals surface area contributed by atoms with Crippen molar-refractivity contribution in [3.8, 4) is 34.3 Å². The summed E-state index contributed by atoms with van der Waals surface area (Å²) in [6, 6.07) is 5.96. The number of nitrogens with one attached hydrogen (secondary N) is 1. The maximum absolute atomic E-state index is 13.8. The Hall–Kier alpha value is -3.73. The third kappa shape index (κ3) is 3.97. The molecule has 0 spiro atoms. The molecule has 5 rings (SSSR count). The molecule has 1 aromatic heterocycles. The maximum atomic E-state index is 13.8. The second-order valence-corrected chi connectivity index (χ2v) is 11.7. The van der Waals surface area contributed by atoms with Gasteiger partial charge in [0.25, 0.3) is 5.91 Å². The predicted octanol–water partition coefficient (Wildman–Crippen LogP) is 3.16. The van der Waals surface area contributed by atoms with Crippen molar-refractivity contribution in [2.75, 3.05) is 32.8 Å². The molecule has 37 heavy (non-hydrogen) atoms. The van der Waals surface area contributed by atoms with Gasteiger partial charge < -0.3 is 24.2 Å². The molecule has 0 aliphatic carbocycles. The zero-order valence-corrected chi connectivity index (χ0v) is 22.1. The lowest BCUT2D eigenvalue weighted by Gasteiger charge is -2.31. The van der Waals surface area contributed by atoms with Gasteiger partial charge in [-0.25, -0.2) is 8.42 Å². The number of ether oxygens (including phenoxy) is 3. The molecule has 1 amide bonds. The van der Waals surface area contributed by atoms with Crippen molar-refractivity contribution in [2.45, 2.75) is 32.4 Å². The van der Waals surface area contributed by atoms with Crippen molar-refractivity contribution in [1.82, 2.24) is 15.1 Å². The number of amides is 1. The minimum atomic E-state index is -3.28. The van der Waals surface area contributed by atoms with Crippen LogP contribution in [0.15, 0.2) is 24.3 Å². The number of carbonyl (C=O) groups is 1. The number of aromatic nitrogens is 2. The first-order valence-corrected chi connectivity index (χ1v) is 13.6. The second-order valence-electron chi connectivity index (χ2n) is 9.47. The van der Waals surface area contributed by atoms with Crippen molar-refractivity contribution < 1.29 is 32.5 Å². The average Bonchev–Trinajstić information content (AvgIpc) is 3.53. The Morgan fingerprint density at radius 2 is 1.73 bits per heavy atom. The number of phenolic OH excluding ortho intramolecular Hbond substituents is 1. The molecule has 2 unspecified atom stereocenters. The number of benzene rings is 2. The number of hydrogen-bond acceptors (Lipinski definition) is 8.